The molecule has 2 aromatic heterocycles. The molecular weight excluding hydrogens is 304 g/mol. The van der Waals surface area contributed by atoms with E-state index in [9.17, 15) is 13.2 Å². The van der Waals surface area contributed by atoms with E-state index in [-0.39, 0.29) is 16.6 Å². The number of carbonyl (C=O) groups is 1. The molecule has 0 saturated heterocycles. The van der Waals surface area contributed by atoms with E-state index >= 15 is 0 Å². The highest BCUT2D eigenvalue weighted by molar-refractivity contribution is 7.90. The number of nitrogens with one attached hydrogen (secondary N) is 1. The van der Waals surface area contributed by atoms with Gasteiger partial charge in [-0.25, -0.2) is 13.4 Å². The number of aromatic nitrogens is 3. The van der Waals surface area contributed by atoms with Crippen LogP contribution in [0, 0.1) is 6.92 Å². The largest absolute Gasteiger partial charge is 0.309 e. The van der Waals surface area contributed by atoms with Crippen LogP contribution in [0.15, 0.2) is 17.2 Å². The fourth-order valence-electron chi connectivity index (χ4n) is 2.15. The van der Waals surface area contributed by atoms with Gasteiger partial charge < -0.3 is 5.32 Å². The number of carbonyl (C=O) groups excluding carboxylic acids is 1. The van der Waals surface area contributed by atoms with Gasteiger partial charge in [0.15, 0.2) is 21.3 Å². The number of hydrogen-bond acceptors (Lipinski definition) is 5. The molecule has 7 nitrogen and oxygen atoms in total. The standard InChI is InChI=1S/C14H20N4O3S/c1-4-5-6-7-13(19)16-14-11(22(3,20)21)9-15-12-8-10(2)17-18(12)14/h8-9H,4-7H2,1-3H3,(H,16,19). The van der Waals surface area contributed by atoms with Gasteiger partial charge in [-0.05, 0) is 13.3 Å². The summed E-state index contributed by atoms with van der Waals surface area (Å²) in [5.74, 6) is -0.0684. The molecule has 0 aliphatic rings. The average Bonchev–Trinajstić information content (AvgIpc) is 2.79. The highest BCUT2D eigenvalue weighted by Crippen LogP contribution is 2.22. The van der Waals surface area contributed by atoms with Crippen molar-refractivity contribution in [3.8, 4) is 0 Å². The van der Waals surface area contributed by atoms with Crippen LogP contribution in [-0.2, 0) is 14.6 Å². The number of nitrogens with zero attached hydrogens (tertiary/aromatic N) is 3. The van der Waals surface area contributed by atoms with Gasteiger partial charge in [-0.15, -0.1) is 0 Å². The van der Waals surface area contributed by atoms with E-state index < -0.39 is 9.84 Å². The Hall–Kier alpha value is -1.96. The summed E-state index contributed by atoms with van der Waals surface area (Å²) in [4.78, 5) is 16.1. The maximum atomic E-state index is 12.0. The maximum absolute atomic E-state index is 12.0. The van der Waals surface area contributed by atoms with Gasteiger partial charge in [0.1, 0.15) is 4.90 Å². The zero-order chi connectivity index (χ0) is 16.3. The summed E-state index contributed by atoms with van der Waals surface area (Å²) in [5, 5.41) is 6.89. The SMILES string of the molecule is CCCCCC(=O)Nc1c(S(C)(=O)=O)cnc2cc(C)nn12. The summed E-state index contributed by atoms with van der Waals surface area (Å²) in [6.07, 6.45) is 5.43. The second-order valence-corrected chi connectivity index (χ2v) is 7.29. The first-order valence-corrected chi connectivity index (χ1v) is 9.07. The lowest BCUT2D eigenvalue weighted by Crippen LogP contribution is -2.18. The Labute approximate surface area is 129 Å². The van der Waals surface area contributed by atoms with Crippen molar-refractivity contribution in [3.05, 3.63) is 18.0 Å². The van der Waals surface area contributed by atoms with E-state index in [1.165, 1.54) is 10.7 Å². The van der Waals surface area contributed by atoms with E-state index in [2.05, 4.69) is 22.3 Å². The quantitative estimate of drug-likeness (QED) is 0.820. The van der Waals surface area contributed by atoms with Gasteiger partial charge in [-0.3, -0.25) is 4.79 Å². The monoisotopic (exact) mass is 324 g/mol. The Kier molecular flexibility index (Phi) is 4.80. The van der Waals surface area contributed by atoms with Gasteiger partial charge in [0.2, 0.25) is 5.91 Å². The number of unbranched alkanes of at least 4 members (excludes halogenated alkanes) is 2. The molecule has 0 bridgehead atoms. The molecule has 1 amide bonds. The van der Waals surface area contributed by atoms with Crippen molar-refractivity contribution in [1.82, 2.24) is 14.6 Å². The van der Waals surface area contributed by atoms with Crippen molar-refractivity contribution in [3.63, 3.8) is 0 Å². The lowest BCUT2D eigenvalue weighted by Gasteiger charge is -2.11. The minimum Gasteiger partial charge on any atom is -0.309 e. The summed E-state index contributed by atoms with van der Waals surface area (Å²) in [6.45, 7) is 3.83. The normalized spacial score (nSPS) is 11.8. The van der Waals surface area contributed by atoms with Crippen molar-refractivity contribution in [1.29, 1.82) is 0 Å². The summed E-state index contributed by atoms with van der Waals surface area (Å²) in [6, 6.07) is 1.72. The van der Waals surface area contributed by atoms with Crippen LogP contribution in [0.5, 0.6) is 0 Å². The molecule has 8 heteroatoms. The van der Waals surface area contributed by atoms with E-state index in [1.54, 1.807) is 13.0 Å². The average molecular weight is 324 g/mol. The van der Waals surface area contributed by atoms with Crippen molar-refractivity contribution in [2.24, 2.45) is 0 Å². The molecule has 1 N–H and O–H groups in total. The third-order valence-electron chi connectivity index (χ3n) is 3.24. The molecule has 2 heterocycles. The molecule has 0 saturated carbocycles. The first-order valence-electron chi connectivity index (χ1n) is 7.18. The van der Waals surface area contributed by atoms with E-state index in [0.717, 1.165) is 25.5 Å². The molecule has 2 aromatic rings. The Morgan fingerprint density at radius 1 is 1.36 bits per heavy atom. The highest BCUT2D eigenvalue weighted by Gasteiger charge is 2.20. The number of amides is 1. The van der Waals surface area contributed by atoms with E-state index in [1.807, 2.05) is 0 Å². The zero-order valence-corrected chi connectivity index (χ0v) is 13.8. The van der Waals surface area contributed by atoms with Crippen LogP contribution >= 0.6 is 0 Å². The number of sulfone groups is 1. The molecule has 0 unspecified atom stereocenters. The second-order valence-electron chi connectivity index (χ2n) is 5.30. The molecule has 0 aliphatic carbocycles. The molecule has 0 radical (unpaired) electrons. The zero-order valence-electron chi connectivity index (χ0n) is 13.0. The van der Waals surface area contributed by atoms with Gasteiger partial charge in [0.05, 0.1) is 11.9 Å². The molecule has 2 rings (SSSR count). The molecule has 0 atom stereocenters. The summed E-state index contributed by atoms with van der Waals surface area (Å²) in [5.41, 5.74) is 1.19. The highest BCUT2D eigenvalue weighted by atomic mass is 32.2. The lowest BCUT2D eigenvalue weighted by atomic mass is 10.2. The lowest BCUT2D eigenvalue weighted by molar-refractivity contribution is -0.116. The first-order chi connectivity index (χ1) is 10.3. The topological polar surface area (TPSA) is 93.4 Å². The van der Waals surface area contributed by atoms with Crippen LogP contribution in [0.3, 0.4) is 0 Å². The van der Waals surface area contributed by atoms with Crippen molar-refractivity contribution >= 4 is 27.2 Å². The molecule has 0 fully saturated rings. The molecule has 0 spiro atoms. The molecule has 22 heavy (non-hydrogen) atoms. The number of aryl methyl sites for hydroxylation is 1. The van der Waals surface area contributed by atoms with E-state index in [4.69, 9.17) is 0 Å². The van der Waals surface area contributed by atoms with Crippen LogP contribution in [0.1, 0.15) is 38.3 Å². The van der Waals surface area contributed by atoms with Gasteiger partial charge in [-0.2, -0.15) is 9.61 Å². The Morgan fingerprint density at radius 3 is 2.73 bits per heavy atom. The Morgan fingerprint density at radius 2 is 2.09 bits per heavy atom. The van der Waals surface area contributed by atoms with Crippen LogP contribution in [0.25, 0.3) is 5.65 Å². The summed E-state index contributed by atoms with van der Waals surface area (Å²) in [7, 11) is -3.52. The fraction of sp³-hybridized carbons (Fsp3) is 0.500. The molecule has 0 aliphatic heterocycles. The summed E-state index contributed by atoms with van der Waals surface area (Å²) < 4.78 is 25.2. The molecular formula is C14H20N4O3S. The van der Waals surface area contributed by atoms with Gasteiger partial charge in [-0.1, -0.05) is 19.8 Å². The van der Waals surface area contributed by atoms with Crippen molar-refractivity contribution < 1.29 is 13.2 Å². The number of fused-ring (bicyclic) bond motifs is 1. The smallest absolute Gasteiger partial charge is 0.225 e. The summed E-state index contributed by atoms with van der Waals surface area (Å²) >= 11 is 0. The van der Waals surface area contributed by atoms with Gasteiger partial charge in [0.25, 0.3) is 0 Å². The predicted octanol–water partition coefficient (Wildman–Crippen LogP) is 1.96. The van der Waals surface area contributed by atoms with Crippen LogP contribution in [-0.4, -0.2) is 35.2 Å². The fourth-order valence-corrected chi connectivity index (χ4v) is 2.88. The second kappa shape index (κ2) is 6.43. The van der Waals surface area contributed by atoms with Crippen LogP contribution in [0.2, 0.25) is 0 Å². The Bertz CT molecular complexity index is 796. The number of rotatable bonds is 6. The van der Waals surface area contributed by atoms with Crippen molar-refractivity contribution in [2.45, 2.75) is 44.4 Å². The van der Waals surface area contributed by atoms with Gasteiger partial charge >= 0.3 is 0 Å². The van der Waals surface area contributed by atoms with Crippen LogP contribution in [0.4, 0.5) is 5.82 Å². The Balaban J connectivity index is 2.42. The van der Waals surface area contributed by atoms with Crippen molar-refractivity contribution in [2.75, 3.05) is 11.6 Å². The first kappa shape index (κ1) is 16.4. The predicted molar refractivity (Wildman–Crippen MR) is 83.6 cm³/mol. The third kappa shape index (κ3) is 3.62. The minimum absolute atomic E-state index is 0.0352. The number of anilines is 1. The molecule has 0 aromatic carbocycles. The maximum Gasteiger partial charge on any atom is 0.225 e. The number of hydrogen-bond donors (Lipinski definition) is 1. The third-order valence-corrected chi connectivity index (χ3v) is 4.33. The minimum atomic E-state index is -3.52. The molecule has 120 valence electrons. The van der Waals surface area contributed by atoms with Crippen LogP contribution < -0.4 is 5.32 Å². The van der Waals surface area contributed by atoms with E-state index in [0.29, 0.717) is 17.8 Å². The van der Waals surface area contributed by atoms with Gasteiger partial charge in [0, 0.05) is 18.7 Å².